The van der Waals surface area contributed by atoms with E-state index in [1.807, 2.05) is 0 Å². The van der Waals surface area contributed by atoms with Gasteiger partial charge in [-0.2, -0.15) is 0 Å². The fraction of sp³-hybridized carbons (Fsp3) is 1.00. The van der Waals surface area contributed by atoms with Crippen LogP contribution in [-0.4, -0.2) is 59.8 Å². The van der Waals surface area contributed by atoms with Gasteiger partial charge in [-0.1, -0.05) is 34.1 Å². The van der Waals surface area contributed by atoms with Gasteiger partial charge < -0.3 is 5.11 Å². The molecule has 3 nitrogen and oxygen atoms in total. The van der Waals surface area contributed by atoms with Crippen LogP contribution in [0.15, 0.2) is 0 Å². The smallest absolute Gasteiger partial charge is 0.0692 e. The van der Waals surface area contributed by atoms with Crippen molar-refractivity contribution in [3.63, 3.8) is 0 Å². The number of likely N-dealkylation sites (tertiary alicyclic amines) is 1. The summed E-state index contributed by atoms with van der Waals surface area (Å²) in [6.45, 7) is 14.2. The summed E-state index contributed by atoms with van der Waals surface area (Å²) < 4.78 is 0. The van der Waals surface area contributed by atoms with Crippen molar-refractivity contribution in [3.8, 4) is 0 Å². The van der Waals surface area contributed by atoms with Crippen LogP contribution in [0.4, 0.5) is 0 Å². The first-order valence-corrected chi connectivity index (χ1v) is 7.26. The Bertz CT molecular complexity index is 206. The Morgan fingerprint density at radius 3 is 2.47 bits per heavy atom. The van der Waals surface area contributed by atoms with E-state index in [0.29, 0.717) is 12.0 Å². The normalized spacial score (nSPS) is 25.4. The second-order valence-corrected chi connectivity index (χ2v) is 5.38. The van der Waals surface area contributed by atoms with Crippen molar-refractivity contribution in [1.29, 1.82) is 0 Å². The molecule has 102 valence electrons. The molecule has 0 bridgehead atoms. The minimum Gasteiger partial charge on any atom is -0.392 e. The Labute approximate surface area is 107 Å². The maximum Gasteiger partial charge on any atom is 0.0692 e. The Kier molecular flexibility index (Phi) is 6.45. The van der Waals surface area contributed by atoms with Crippen LogP contribution < -0.4 is 0 Å². The molecular weight excluding hydrogens is 212 g/mol. The van der Waals surface area contributed by atoms with Gasteiger partial charge in [-0.05, 0) is 32.0 Å². The molecule has 1 saturated heterocycles. The maximum absolute atomic E-state index is 10.1. The molecule has 0 amide bonds. The zero-order valence-corrected chi connectivity index (χ0v) is 12.0. The summed E-state index contributed by atoms with van der Waals surface area (Å²) in [6.07, 6.45) is 2.17. The van der Waals surface area contributed by atoms with E-state index in [2.05, 4.69) is 37.5 Å². The lowest BCUT2D eigenvalue weighted by molar-refractivity contribution is 0.0738. The summed E-state index contributed by atoms with van der Waals surface area (Å²) in [5.41, 5.74) is 0. The van der Waals surface area contributed by atoms with Crippen molar-refractivity contribution >= 4 is 0 Å². The summed E-state index contributed by atoms with van der Waals surface area (Å²) in [4.78, 5) is 4.97. The molecule has 1 aliphatic heterocycles. The number of aliphatic hydroxyl groups excluding tert-OH is 1. The lowest BCUT2D eigenvalue weighted by Gasteiger charge is -2.27. The van der Waals surface area contributed by atoms with Gasteiger partial charge >= 0.3 is 0 Å². The van der Waals surface area contributed by atoms with E-state index < -0.39 is 0 Å². The molecule has 0 aromatic heterocycles. The van der Waals surface area contributed by atoms with Crippen molar-refractivity contribution in [2.75, 3.05) is 32.7 Å². The first-order chi connectivity index (χ1) is 8.12. The van der Waals surface area contributed by atoms with Crippen LogP contribution in [0.5, 0.6) is 0 Å². The van der Waals surface area contributed by atoms with Crippen molar-refractivity contribution in [1.82, 2.24) is 9.80 Å². The largest absolute Gasteiger partial charge is 0.392 e. The van der Waals surface area contributed by atoms with E-state index in [0.717, 1.165) is 39.1 Å². The maximum atomic E-state index is 10.1. The summed E-state index contributed by atoms with van der Waals surface area (Å²) in [5.74, 6) is 0.419. The number of aliphatic hydroxyl groups is 1. The summed E-state index contributed by atoms with van der Waals surface area (Å²) >= 11 is 0. The van der Waals surface area contributed by atoms with Gasteiger partial charge in [0.1, 0.15) is 0 Å². The average Bonchev–Trinajstić information content (AvgIpc) is 2.78. The highest BCUT2D eigenvalue weighted by atomic mass is 16.3. The van der Waals surface area contributed by atoms with Gasteiger partial charge in [0, 0.05) is 19.1 Å². The van der Waals surface area contributed by atoms with E-state index in [1.165, 1.54) is 6.42 Å². The van der Waals surface area contributed by atoms with E-state index in [9.17, 15) is 5.11 Å². The van der Waals surface area contributed by atoms with Crippen LogP contribution in [0.25, 0.3) is 0 Å². The highest BCUT2D eigenvalue weighted by Crippen LogP contribution is 2.17. The fourth-order valence-electron chi connectivity index (χ4n) is 2.73. The zero-order chi connectivity index (χ0) is 12.8. The quantitative estimate of drug-likeness (QED) is 0.737. The number of hydrogen-bond acceptors (Lipinski definition) is 3. The molecule has 3 atom stereocenters. The standard InChI is InChI=1S/C14H30N2O/c1-5-12(4)14(17)11-15-9-8-13(10-15)16(6-2)7-3/h12-14,17H,5-11H2,1-4H3. The topological polar surface area (TPSA) is 26.7 Å². The number of nitrogens with zero attached hydrogens (tertiary/aromatic N) is 2. The van der Waals surface area contributed by atoms with Crippen LogP contribution in [-0.2, 0) is 0 Å². The number of β-amino-alcohol motifs (C(OH)–C–C–N with tert-alkyl or cyclic N) is 1. The minimum atomic E-state index is -0.157. The molecule has 1 heterocycles. The van der Waals surface area contributed by atoms with Crippen LogP contribution in [0.2, 0.25) is 0 Å². The lowest BCUT2D eigenvalue weighted by Crippen LogP contribution is -2.39. The van der Waals surface area contributed by atoms with E-state index in [-0.39, 0.29) is 6.10 Å². The molecule has 1 fully saturated rings. The first kappa shape index (κ1) is 14.9. The van der Waals surface area contributed by atoms with Crippen molar-refractivity contribution < 1.29 is 5.11 Å². The molecule has 0 aliphatic carbocycles. The molecule has 0 radical (unpaired) electrons. The molecule has 0 aromatic rings. The monoisotopic (exact) mass is 242 g/mol. The molecule has 3 heteroatoms. The Morgan fingerprint density at radius 1 is 1.29 bits per heavy atom. The van der Waals surface area contributed by atoms with Gasteiger partial charge in [0.15, 0.2) is 0 Å². The van der Waals surface area contributed by atoms with Crippen LogP contribution in [0, 0.1) is 5.92 Å². The molecule has 3 unspecified atom stereocenters. The Hall–Kier alpha value is -0.120. The number of rotatable bonds is 7. The Balaban J connectivity index is 2.35. The molecule has 0 aromatic carbocycles. The molecule has 1 rings (SSSR count). The van der Waals surface area contributed by atoms with Gasteiger partial charge in [0.05, 0.1) is 6.10 Å². The number of hydrogen-bond donors (Lipinski definition) is 1. The van der Waals surface area contributed by atoms with E-state index in [4.69, 9.17) is 0 Å². The van der Waals surface area contributed by atoms with Crippen LogP contribution >= 0.6 is 0 Å². The summed E-state index contributed by atoms with van der Waals surface area (Å²) in [5, 5.41) is 10.1. The van der Waals surface area contributed by atoms with Gasteiger partial charge in [-0.15, -0.1) is 0 Å². The van der Waals surface area contributed by atoms with Gasteiger partial charge in [-0.3, -0.25) is 9.80 Å². The molecule has 0 saturated carbocycles. The van der Waals surface area contributed by atoms with Gasteiger partial charge in [0.25, 0.3) is 0 Å². The molecule has 17 heavy (non-hydrogen) atoms. The predicted octanol–water partition coefficient (Wildman–Crippen LogP) is 1.81. The Morgan fingerprint density at radius 2 is 1.94 bits per heavy atom. The second-order valence-electron chi connectivity index (χ2n) is 5.38. The average molecular weight is 242 g/mol. The zero-order valence-electron chi connectivity index (χ0n) is 12.0. The molecule has 1 aliphatic rings. The summed E-state index contributed by atoms with van der Waals surface area (Å²) in [6, 6.07) is 0.703. The van der Waals surface area contributed by atoms with E-state index in [1.54, 1.807) is 0 Å². The van der Waals surface area contributed by atoms with Gasteiger partial charge in [-0.25, -0.2) is 0 Å². The van der Waals surface area contributed by atoms with E-state index >= 15 is 0 Å². The number of likely N-dealkylation sites (N-methyl/N-ethyl adjacent to an activating group) is 1. The second kappa shape index (κ2) is 7.34. The van der Waals surface area contributed by atoms with Crippen LogP contribution in [0.3, 0.4) is 0 Å². The minimum absolute atomic E-state index is 0.157. The van der Waals surface area contributed by atoms with Crippen LogP contribution in [0.1, 0.15) is 40.5 Å². The van der Waals surface area contributed by atoms with Crippen molar-refractivity contribution in [2.45, 2.75) is 52.7 Å². The van der Waals surface area contributed by atoms with Crippen molar-refractivity contribution in [2.24, 2.45) is 5.92 Å². The third-order valence-corrected chi connectivity index (χ3v) is 4.32. The molecule has 1 N–H and O–H groups in total. The fourth-order valence-corrected chi connectivity index (χ4v) is 2.73. The molecule has 0 spiro atoms. The lowest BCUT2D eigenvalue weighted by atomic mass is 10.0. The molecular formula is C14H30N2O. The summed E-state index contributed by atoms with van der Waals surface area (Å²) in [7, 11) is 0. The SMILES string of the molecule is CCC(C)C(O)CN1CCC(N(CC)CC)C1. The van der Waals surface area contributed by atoms with Crippen molar-refractivity contribution in [3.05, 3.63) is 0 Å². The first-order valence-electron chi connectivity index (χ1n) is 7.26. The van der Waals surface area contributed by atoms with Gasteiger partial charge in [0.2, 0.25) is 0 Å². The highest BCUT2D eigenvalue weighted by molar-refractivity contribution is 4.84. The third kappa shape index (κ3) is 4.23. The third-order valence-electron chi connectivity index (χ3n) is 4.32. The highest BCUT2D eigenvalue weighted by Gasteiger charge is 2.28. The predicted molar refractivity (Wildman–Crippen MR) is 73.2 cm³/mol.